The molecule has 110 valence electrons. The first-order chi connectivity index (χ1) is 9.65. The quantitative estimate of drug-likeness (QED) is 0.446. The first kappa shape index (κ1) is 18.7. The molecule has 0 aromatic heterocycles. The summed E-state index contributed by atoms with van der Waals surface area (Å²) >= 11 is 0. The Balaban J connectivity index is 0.00000220. The molecular weight excluding hydrogens is 295 g/mol. The van der Waals surface area contributed by atoms with Crippen LogP contribution >= 0.6 is 0 Å². The second-order valence-electron chi connectivity index (χ2n) is 4.81. The third-order valence-corrected chi connectivity index (χ3v) is 4.63. The fourth-order valence-electron chi connectivity index (χ4n) is 2.17. The van der Waals surface area contributed by atoms with E-state index < -0.39 is 10.1 Å². The van der Waals surface area contributed by atoms with Gasteiger partial charge in [-0.05, 0) is 17.9 Å². The van der Waals surface area contributed by atoms with E-state index in [-0.39, 0.29) is 41.1 Å². The van der Waals surface area contributed by atoms with Gasteiger partial charge in [-0.15, -0.1) is 0 Å². The van der Waals surface area contributed by atoms with Crippen LogP contribution in [0.5, 0.6) is 0 Å². The summed E-state index contributed by atoms with van der Waals surface area (Å²) in [5.41, 5.74) is 0. The standard InChI is InChI=1S/C16H20O3S.Na.H/c1-2-3-4-7-13-19-20(17,18)16-12-8-10-14-9-5-6-11-15(14)16;;/h5-6,8-12H,2-4,7,13H2,1H3;;. The summed E-state index contributed by atoms with van der Waals surface area (Å²) in [6, 6.07) is 12.7. The van der Waals surface area contributed by atoms with E-state index in [4.69, 9.17) is 4.18 Å². The van der Waals surface area contributed by atoms with Gasteiger partial charge in [-0.2, -0.15) is 8.42 Å². The normalized spacial score (nSPS) is 11.3. The molecule has 5 heteroatoms. The van der Waals surface area contributed by atoms with Crippen molar-refractivity contribution in [2.75, 3.05) is 6.61 Å². The van der Waals surface area contributed by atoms with E-state index in [2.05, 4.69) is 6.92 Å². The molecule has 3 nitrogen and oxygen atoms in total. The zero-order chi connectivity index (χ0) is 14.4. The Bertz CT molecular complexity index is 663. The number of rotatable bonds is 7. The third-order valence-electron chi connectivity index (χ3n) is 3.26. The molecule has 0 saturated carbocycles. The molecule has 0 N–H and O–H groups in total. The molecule has 21 heavy (non-hydrogen) atoms. The van der Waals surface area contributed by atoms with Crippen molar-refractivity contribution in [1.82, 2.24) is 0 Å². The molecule has 2 aromatic carbocycles. The number of unbranched alkanes of at least 4 members (excludes halogenated alkanes) is 3. The second-order valence-corrected chi connectivity index (χ2v) is 6.40. The molecule has 0 amide bonds. The zero-order valence-electron chi connectivity index (χ0n) is 11.7. The van der Waals surface area contributed by atoms with E-state index >= 15 is 0 Å². The van der Waals surface area contributed by atoms with E-state index in [1.165, 1.54) is 0 Å². The summed E-state index contributed by atoms with van der Waals surface area (Å²) < 4.78 is 29.7. The van der Waals surface area contributed by atoms with Crippen molar-refractivity contribution in [3.05, 3.63) is 42.5 Å². The molecule has 0 heterocycles. The molecular formula is C16H21NaO3S. The number of hydrogen-bond acceptors (Lipinski definition) is 3. The van der Waals surface area contributed by atoms with Gasteiger partial charge in [0.2, 0.25) is 0 Å². The van der Waals surface area contributed by atoms with E-state index in [9.17, 15) is 8.42 Å². The fourth-order valence-corrected chi connectivity index (χ4v) is 3.34. The van der Waals surface area contributed by atoms with Crippen LogP contribution in [0.15, 0.2) is 47.4 Å². The van der Waals surface area contributed by atoms with Gasteiger partial charge in [0.25, 0.3) is 10.1 Å². The van der Waals surface area contributed by atoms with E-state index in [0.717, 1.165) is 31.1 Å². The van der Waals surface area contributed by atoms with Crippen molar-refractivity contribution < 1.29 is 12.6 Å². The second kappa shape index (κ2) is 8.91. The van der Waals surface area contributed by atoms with E-state index in [1.54, 1.807) is 12.1 Å². The van der Waals surface area contributed by atoms with Crippen LogP contribution in [0.2, 0.25) is 0 Å². The van der Waals surface area contributed by atoms with Crippen molar-refractivity contribution >= 4 is 50.4 Å². The minimum absolute atomic E-state index is 0. The number of hydrogen-bond donors (Lipinski definition) is 0. The maximum absolute atomic E-state index is 12.3. The first-order valence-electron chi connectivity index (χ1n) is 7.02. The van der Waals surface area contributed by atoms with Crippen molar-refractivity contribution in [3.8, 4) is 0 Å². The summed E-state index contributed by atoms with van der Waals surface area (Å²) in [4.78, 5) is 0.256. The van der Waals surface area contributed by atoms with Gasteiger partial charge in [0.1, 0.15) is 4.90 Å². The van der Waals surface area contributed by atoms with Crippen molar-refractivity contribution in [2.45, 2.75) is 37.5 Å². The summed E-state index contributed by atoms with van der Waals surface area (Å²) in [5, 5.41) is 1.62. The summed E-state index contributed by atoms with van der Waals surface area (Å²) in [6.07, 6.45) is 4.01. The molecule has 0 atom stereocenters. The first-order valence-corrected chi connectivity index (χ1v) is 8.43. The maximum atomic E-state index is 12.3. The van der Waals surface area contributed by atoms with E-state index in [0.29, 0.717) is 5.39 Å². The molecule has 0 unspecified atom stereocenters. The molecule has 0 aliphatic heterocycles. The van der Waals surface area contributed by atoms with Crippen molar-refractivity contribution in [3.63, 3.8) is 0 Å². The average molecular weight is 316 g/mol. The van der Waals surface area contributed by atoms with Crippen LogP contribution in [-0.4, -0.2) is 44.6 Å². The average Bonchev–Trinajstić information content (AvgIpc) is 2.46. The molecule has 0 aliphatic rings. The Labute approximate surface area is 149 Å². The minimum atomic E-state index is -3.67. The van der Waals surface area contributed by atoms with E-state index in [1.807, 2.05) is 30.3 Å². The van der Waals surface area contributed by atoms with Crippen LogP contribution in [0.1, 0.15) is 32.6 Å². The van der Waals surface area contributed by atoms with Gasteiger partial charge in [0, 0.05) is 5.39 Å². The SMILES string of the molecule is CCCCCCOS(=O)(=O)c1cccc2ccccc12.[NaH]. The Morgan fingerprint density at radius 2 is 1.67 bits per heavy atom. The van der Waals surface area contributed by atoms with Gasteiger partial charge in [0.05, 0.1) is 6.61 Å². The molecule has 0 aliphatic carbocycles. The number of benzene rings is 2. The van der Waals surface area contributed by atoms with Crippen molar-refractivity contribution in [1.29, 1.82) is 0 Å². The number of fused-ring (bicyclic) bond motifs is 1. The molecule has 0 fully saturated rings. The Morgan fingerprint density at radius 3 is 2.43 bits per heavy atom. The predicted octanol–water partition coefficient (Wildman–Crippen LogP) is 3.48. The Morgan fingerprint density at radius 1 is 0.952 bits per heavy atom. The van der Waals surface area contributed by atoms with Crippen LogP contribution in [0, 0.1) is 0 Å². The fraction of sp³-hybridized carbons (Fsp3) is 0.375. The summed E-state index contributed by atoms with van der Waals surface area (Å²) in [7, 11) is -3.67. The third kappa shape index (κ3) is 5.08. The summed E-state index contributed by atoms with van der Waals surface area (Å²) in [6.45, 7) is 2.37. The molecule has 0 bridgehead atoms. The zero-order valence-corrected chi connectivity index (χ0v) is 12.5. The van der Waals surface area contributed by atoms with Gasteiger partial charge in [-0.3, -0.25) is 4.18 Å². The van der Waals surface area contributed by atoms with Gasteiger partial charge in [-0.25, -0.2) is 0 Å². The Hall–Kier alpha value is -0.390. The van der Waals surface area contributed by atoms with Crippen LogP contribution < -0.4 is 0 Å². The van der Waals surface area contributed by atoms with Gasteiger partial charge in [0.15, 0.2) is 0 Å². The molecule has 2 rings (SSSR count). The predicted molar refractivity (Wildman–Crippen MR) is 88.4 cm³/mol. The molecule has 0 saturated heterocycles. The monoisotopic (exact) mass is 316 g/mol. The molecule has 0 radical (unpaired) electrons. The molecule has 2 aromatic rings. The van der Waals surface area contributed by atoms with Gasteiger partial charge >= 0.3 is 29.6 Å². The topological polar surface area (TPSA) is 43.4 Å². The van der Waals surface area contributed by atoms with Crippen LogP contribution in [-0.2, 0) is 14.3 Å². The summed E-state index contributed by atoms with van der Waals surface area (Å²) in [5.74, 6) is 0. The van der Waals surface area contributed by atoms with Gasteiger partial charge in [-0.1, -0.05) is 62.6 Å². The van der Waals surface area contributed by atoms with Crippen molar-refractivity contribution in [2.24, 2.45) is 0 Å². The Kier molecular flexibility index (Phi) is 7.92. The van der Waals surface area contributed by atoms with Gasteiger partial charge < -0.3 is 0 Å². The molecule has 0 spiro atoms. The van der Waals surface area contributed by atoms with Crippen LogP contribution in [0.4, 0.5) is 0 Å². The van der Waals surface area contributed by atoms with Crippen LogP contribution in [0.25, 0.3) is 10.8 Å². The van der Waals surface area contributed by atoms with Crippen LogP contribution in [0.3, 0.4) is 0 Å².